The summed E-state index contributed by atoms with van der Waals surface area (Å²) < 4.78 is 5.74. The highest BCUT2D eigenvalue weighted by molar-refractivity contribution is 5.34. The topological polar surface area (TPSA) is 39.5 Å². The molecule has 1 aliphatic heterocycles. The van der Waals surface area contributed by atoms with Gasteiger partial charge in [-0.25, -0.2) is 0 Å². The van der Waals surface area contributed by atoms with Gasteiger partial charge < -0.3 is 9.64 Å². The summed E-state index contributed by atoms with van der Waals surface area (Å²) in [5.41, 5.74) is 0.675. The van der Waals surface area contributed by atoms with Gasteiger partial charge in [-0.3, -0.25) is 4.90 Å². The lowest BCUT2D eigenvalue weighted by Crippen LogP contribution is -2.47. The Hall–Kier alpha value is -1.57. The van der Waals surface area contributed by atoms with Crippen molar-refractivity contribution in [2.45, 2.75) is 12.8 Å². The first-order valence-corrected chi connectivity index (χ1v) is 7.91. The molecule has 0 amide bonds. The van der Waals surface area contributed by atoms with Crippen LogP contribution in [0.25, 0.3) is 0 Å². The second-order valence-corrected chi connectivity index (χ2v) is 6.07. The number of ether oxygens (including phenoxy) is 1. The Kier molecular flexibility index (Phi) is 4.74. The van der Waals surface area contributed by atoms with Gasteiger partial charge >= 0.3 is 0 Å². The molecule has 1 aromatic carbocycles. The molecule has 0 bridgehead atoms. The van der Waals surface area contributed by atoms with Crippen LogP contribution in [0.3, 0.4) is 0 Å². The molecule has 2 fully saturated rings. The first kappa shape index (κ1) is 14.4. The largest absolute Gasteiger partial charge is 0.492 e. The van der Waals surface area contributed by atoms with Crippen molar-refractivity contribution in [1.29, 1.82) is 5.26 Å². The minimum atomic E-state index is 0.675. The van der Waals surface area contributed by atoms with E-state index in [1.54, 1.807) is 12.1 Å². The van der Waals surface area contributed by atoms with E-state index in [1.165, 1.54) is 32.5 Å². The molecular formula is C17H23N3O. The van der Waals surface area contributed by atoms with Crippen molar-refractivity contribution in [3.05, 3.63) is 29.8 Å². The molecule has 1 heterocycles. The molecule has 0 atom stereocenters. The SMILES string of the molecule is N#Cc1ccc(OCCN2CCN(CC3CC3)CC2)cc1. The zero-order valence-electron chi connectivity index (χ0n) is 12.5. The molecule has 0 radical (unpaired) electrons. The molecule has 0 spiro atoms. The van der Waals surface area contributed by atoms with Gasteiger partial charge in [0, 0.05) is 39.3 Å². The summed E-state index contributed by atoms with van der Waals surface area (Å²) in [7, 11) is 0. The smallest absolute Gasteiger partial charge is 0.119 e. The maximum atomic E-state index is 8.75. The van der Waals surface area contributed by atoms with Gasteiger partial charge in [-0.05, 0) is 43.0 Å². The maximum absolute atomic E-state index is 8.75. The summed E-state index contributed by atoms with van der Waals surface area (Å²) in [6.07, 6.45) is 2.89. The number of piperazine rings is 1. The van der Waals surface area contributed by atoms with Crippen molar-refractivity contribution in [3.8, 4) is 11.8 Å². The lowest BCUT2D eigenvalue weighted by molar-refractivity contribution is 0.114. The molecular weight excluding hydrogens is 262 g/mol. The number of hydrogen-bond donors (Lipinski definition) is 0. The molecule has 112 valence electrons. The van der Waals surface area contributed by atoms with E-state index in [4.69, 9.17) is 10.00 Å². The van der Waals surface area contributed by atoms with Crippen LogP contribution >= 0.6 is 0 Å². The first-order chi connectivity index (χ1) is 10.3. The highest BCUT2D eigenvalue weighted by Crippen LogP contribution is 2.29. The van der Waals surface area contributed by atoms with Crippen molar-refractivity contribution >= 4 is 0 Å². The maximum Gasteiger partial charge on any atom is 0.119 e. The Morgan fingerprint density at radius 3 is 2.33 bits per heavy atom. The molecule has 4 heteroatoms. The third-order valence-electron chi connectivity index (χ3n) is 4.34. The molecule has 1 aromatic rings. The van der Waals surface area contributed by atoms with Crippen LogP contribution < -0.4 is 4.74 Å². The van der Waals surface area contributed by atoms with Crippen LogP contribution in [-0.2, 0) is 0 Å². The van der Waals surface area contributed by atoms with Crippen LogP contribution in [0.15, 0.2) is 24.3 Å². The van der Waals surface area contributed by atoms with E-state index in [9.17, 15) is 0 Å². The van der Waals surface area contributed by atoms with Crippen molar-refractivity contribution in [3.63, 3.8) is 0 Å². The summed E-state index contributed by atoms with van der Waals surface area (Å²) in [5, 5.41) is 8.75. The van der Waals surface area contributed by atoms with Crippen LogP contribution in [0.2, 0.25) is 0 Å². The summed E-state index contributed by atoms with van der Waals surface area (Å²) in [6, 6.07) is 9.45. The summed E-state index contributed by atoms with van der Waals surface area (Å²) in [6.45, 7) is 7.73. The fraction of sp³-hybridized carbons (Fsp3) is 0.588. The van der Waals surface area contributed by atoms with Crippen LogP contribution in [0.5, 0.6) is 5.75 Å². The number of nitrogens with zero attached hydrogens (tertiary/aromatic N) is 3. The van der Waals surface area contributed by atoms with Crippen molar-refractivity contribution in [2.24, 2.45) is 5.92 Å². The molecule has 4 nitrogen and oxygen atoms in total. The van der Waals surface area contributed by atoms with Gasteiger partial charge in [0.1, 0.15) is 12.4 Å². The summed E-state index contributed by atoms with van der Waals surface area (Å²) in [4.78, 5) is 5.09. The van der Waals surface area contributed by atoms with Gasteiger partial charge in [-0.15, -0.1) is 0 Å². The summed E-state index contributed by atoms with van der Waals surface area (Å²) in [5.74, 6) is 1.85. The third-order valence-corrected chi connectivity index (χ3v) is 4.34. The number of rotatable bonds is 6. The molecule has 3 rings (SSSR count). The molecule has 1 saturated carbocycles. The third kappa shape index (κ3) is 4.45. The normalized spacial score (nSPS) is 20.1. The molecule has 1 aliphatic carbocycles. The van der Waals surface area contributed by atoms with E-state index in [0.717, 1.165) is 31.3 Å². The lowest BCUT2D eigenvalue weighted by atomic mass is 10.2. The minimum Gasteiger partial charge on any atom is -0.492 e. The van der Waals surface area contributed by atoms with E-state index in [2.05, 4.69) is 15.9 Å². The molecule has 0 unspecified atom stereocenters. The van der Waals surface area contributed by atoms with E-state index in [1.807, 2.05) is 12.1 Å². The molecule has 2 aliphatic rings. The highest BCUT2D eigenvalue weighted by atomic mass is 16.5. The number of benzene rings is 1. The predicted molar refractivity (Wildman–Crippen MR) is 82.3 cm³/mol. The van der Waals surface area contributed by atoms with Gasteiger partial charge in [-0.1, -0.05) is 0 Å². The number of nitriles is 1. The zero-order valence-corrected chi connectivity index (χ0v) is 12.5. The fourth-order valence-corrected chi connectivity index (χ4v) is 2.78. The monoisotopic (exact) mass is 285 g/mol. The Balaban J connectivity index is 1.33. The van der Waals surface area contributed by atoms with E-state index in [0.29, 0.717) is 12.2 Å². The first-order valence-electron chi connectivity index (χ1n) is 7.91. The van der Waals surface area contributed by atoms with E-state index >= 15 is 0 Å². The molecule has 1 saturated heterocycles. The van der Waals surface area contributed by atoms with Crippen LogP contribution in [0, 0.1) is 17.2 Å². The van der Waals surface area contributed by atoms with Gasteiger partial charge in [0.25, 0.3) is 0 Å². The van der Waals surface area contributed by atoms with Crippen LogP contribution in [-0.4, -0.2) is 55.7 Å². The van der Waals surface area contributed by atoms with Gasteiger partial charge in [0.2, 0.25) is 0 Å². The standard InChI is InChI=1S/C17H23N3O/c18-13-15-3-5-17(6-4-15)21-12-11-19-7-9-20(10-8-19)14-16-1-2-16/h3-6,16H,1-2,7-12,14H2. The van der Waals surface area contributed by atoms with Gasteiger partial charge in [0.15, 0.2) is 0 Å². The van der Waals surface area contributed by atoms with Crippen LogP contribution in [0.1, 0.15) is 18.4 Å². The Labute approximate surface area is 126 Å². The lowest BCUT2D eigenvalue weighted by Gasteiger charge is -2.34. The van der Waals surface area contributed by atoms with Crippen molar-refractivity contribution in [1.82, 2.24) is 9.80 Å². The molecule has 21 heavy (non-hydrogen) atoms. The van der Waals surface area contributed by atoms with Crippen molar-refractivity contribution in [2.75, 3.05) is 45.9 Å². The van der Waals surface area contributed by atoms with Crippen molar-refractivity contribution < 1.29 is 4.74 Å². The summed E-state index contributed by atoms with van der Waals surface area (Å²) >= 11 is 0. The Bertz CT molecular complexity index is 482. The number of hydrogen-bond acceptors (Lipinski definition) is 4. The second kappa shape index (κ2) is 6.93. The average molecular weight is 285 g/mol. The second-order valence-electron chi connectivity index (χ2n) is 6.07. The predicted octanol–water partition coefficient (Wildman–Crippen LogP) is 1.96. The highest BCUT2D eigenvalue weighted by Gasteiger charge is 2.26. The van der Waals surface area contributed by atoms with Crippen LogP contribution in [0.4, 0.5) is 0 Å². The quantitative estimate of drug-likeness (QED) is 0.801. The van der Waals surface area contributed by atoms with E-state index < -0.39 is 0 Å². The molecule has 0 aromatic heterocycles. The average Bonchev–Trinajstić information content (AvgIpc) is 3.34. The molecule has 0 N–H and O–H groups in total. The fourth-order valence-electron chi connectivity index (χ4n) is 2.78. The zero-order chi connectivity index (χ0) is 14.5. The Morgan fingerprint density at radius 1 is 1.05 bits per heavy atom. The van der Waals surface area contributed by atoms with E-state index in [-0.39, 0.29) is 0 Å². The minimum absolute atomic E-state index is 0.675. The Morgan fingerprint density at radius 2 is 1.71 bits per heavy atom. The van der Waals surface area contributed by atoms with Gasteiger partial charge in [-0.2, -0.15) is 5.26 Å². The van der Waals surface area contributed by atoms with Gasteiger partial charge in [0.05, 0.1) is 11.6 Å².